The van der Waals surface area contributed by atoms with Crippen LogP contribution in [-0.2, 0) is 6.54 Å². The second kappa shape index (κ2) is 8.38. The van der Waals surface area contributed by atoms with E-state index in [-0.39, 0.29) is 0 Å². The van der Waals surface area contributed by atoms with E-state index in [1.54, 1.807) is 0 Å². The second-order valence-corrected chi connectivity index (χ2v) is 6.76. The number of halogens is 2. The third-order valence-electron chi connectivity index (χ3n) is 4.28. The molecule has 0 bridgehead atoms. The summed E-state index contributed by atoms with van der Waals surface area (Å²) in [5, 5.41) is 5.06. The highest BCUT2D eigenvalue weighted by molar-refractivity contribution is 6.42. The maximum atomic E-state index is 6.36. The van der Waals surface area contributed by atoms with Crippen LogP contribution in [0.5, 0.6) is 0 Å². The molecule has 0 amide bonds. The third-order valence-corrected chi connectivity index (χ3v) is 5.14. The molecule has 2 atom stereocenters. The number of benzene rings is 1. The van der Waals surface area contributed by atoms with Gasteiger partial charge in [0.25, 0.3) is 0 Å². The van der Waals surface area contributed by atoms with Gasteiger partial charge in [0, 0.05) is 31.7 Å². The zero-order chi connectivity index (χ0) is 15.2. The first-order valence-corrected chi connectivity index (χ1v) is 8.81. The van der Waals surface area contributed by atoms with Gasteiger partial charge in [-0.05, 0) is 24.5 Å². The Balaban J connectivity index is 2.09. The number of rotatable bonds is 6. The number of piperazine rings is 1. The molecule has 21 heavy (non-hydrogen) atoms. The van der Waals surface area contributed by atoms with Crippen LogP contribution >= 0.6 is 23.2 Å². The highest BCUT2D eigenvalue weighted by atomic mass is 35.5. The van der Waals surface area contributed by atoms with Gasteiger partial charge in [-0.3, -0.25) is 4.90 Å². The minimum Gasteiger partial charge on any atom is -0.311 e. The predicted octanol–water partition coefficient (Wildman–Crippen LogP) is 4.74. The van der Waals surface area contributed by atoms with Crippen molar-refractivity contribution in [2.24, 2.45) is 0 Å². The van der Waals surface area contributed by atoms with Gasteiger partial charge in [0.15, 0.2) is 0 Å². The minimum atomic E-state index is 0.596. The van der Waals surface area contributed by atoms with Crippen LogP contribution in [0.4, 0.5) is 0 Å². The molecule has 1 aliphatic heterocycles. The SMILES string of the molecule is CCCC1CN(Cc2cccc(Cl)c2Cl)C(CCC)CN1. The number of nitrogens with zero attached hydrogens (tertiary/aromatic N) is 1. The van der Waals surface area contributed by atoms with Crippen LogP contribution < -0.4 is 5.32 Å². The summed E-state index contributed by atoms with van der Waals surface area (Å²) in [4.78, 5) is 2.58. The smallest absolute Gasteiger partial charge is 0.0637 e. The van der Waals surface area contributed by atoms with Gasteiger partial charge in [0.1, 0.15) is 0 Å². The molecule has 1 heterocycles. The van der Waals surface area contributed by atoms with Gasteiger partial charge in [0.05, 0.1) is 10.0 Å². The minimum absolute atomic E-state index is 0.596. The quantitative estimate of drug-likeness (QED) is 0.811. The van der Waals surface area contributed by atoms with E-state index in [1.807, 2.05) is 12.1 Å². The largest absolute Gasteiger partial charge is 0.311 e. The normalized spacial score (nSPS) is 23.4. The van der Waals surface area contributed by atoms with Crippen molar-refractivity contribution in [2.75, 3.05) is 13.1 Å². The lowest BCUT2D eigenvalue weighted by Crippen LogP contribution is -2.55. The molecule has 1 saturated heterocycles. The fraction of sp³-hybridized carbons (Fsp3) is 0.647. The standard InChI is InChI=1S/C17H26Cl2N2/c1-3-6-14-12-21(15(7-4-2)10-20-14)11-13-8-5-9-16(18)17(13)19/h5,8-9,14-15,20H,3-4,6-7,10-12H2,1-2H3. The first kappa shape index (κ1) is 17.1. The molecule has 0 radical (unpaired) electrons. The molecule has 2 rings (SSSR count). The predicted molar refractivity (Wildman–Crippen MR) is 92.3 cm³/mol. The Morgan fingerprint density at radius 2 is 1.95 bits per heavy atom. The van der Waals surface area contributed by atoms with Crippen LogP contribution in [-0.4, -0.2) is 30.1 Å². The van der Waals surface area contributed by atoms with Crippen LogP contribution in [0.25, 0.3) is 0 Å². The molecule has 2 unspecified atom stereocenters. The lowest BCUT2D eigenvalue weighted by Gasteiger charge is -2.40. The monoisotopic (exact) mass is 328 g/mol. The second-order valence-electron chi connectivity index (χ2n) is 5.98. The average molecular weight is 329 g/mol. The van der Waals surface area contributed by atoms with Crippen molar-refractivity contribution in [3.8, 4) is 0 Å². The van der Waals surface area contributed by atoms with Crippen LogP contribution in [0.15, 0.2) is 18.2 Å². The topological polar surface area (TPSA) is 15.3 Å². The zero-order valence-electron chi connectivity index (χ0n) is 13.0. The van der Waals surface area contributed by atoms with E-state index in [0.717, 1.165) is 25.2 Å². The fourth-order valence-corrected chi connectivity index (χ4v) is 3.55. The van der Waals surface area contributed by atoms with Crippen LogP contribution in [0.3, 0.4) is 0 Å². The van der Waals surface area contributed by atoms with Crippen LogP contribution in [0.1, 0.15) is 45.1 Å². The van der Waals surface area contributed by atoms with Gasteiger partial charge in [0.2, 0.25) is 0 Å². The summed E-state index contributed by atoms with van der Waals surface area (Å²) in [7, 11) is 0. The number of nitrogens with one attached hydrogen (secondary N) is 1. The van der Waals surface area contributed by atoms with Gasteiger partial charge in [-0.25, -0.2) is 0 Å². The van der Waals surface area contributed by atoms with Gasteiger partial charge in [-0.1, -0.05) is 62.0 Å². The van der Waals surface area contributed by atoms with Crippen molar-refractivity contribution in [1.29, 1.82) is 0 Å². The molecule has 118 valence electrons. The van der Waals surface area contributed by atoms with E-state index in [0.29, 0.717) is 22.1 Å². The summed E-state index contributed by atoms with van der Waals surface area (Å²) >= 11 is 12.5. The molecule has 1 aromatic rings. The lowest BCUT2D eigenvalue weighted by atomic mass is 10.0. The number of hydrogen-bond acceptors (Lipinski definition) is 2. The molecule has 0 aromatic heterocycles. The van der Waals surface area contributed by atoms with E-state index < -0.39 is 0 Å². The van der Waals surface area contributed by atoms with E-state index in [1.165, 1.54) is 25.7 Å². The van der Waals surface area contributed by atoms with E-state index in [4.69, 9.17) is 23.2 Å². The lowest BCUT2D eigenvalue weighted by molar-refractivity contribution is 0.112. The first-order valence-electron chi connectivity index (χ1n) is 8.06. The molecule has 4 heteroatoms. The maximum absolute atomic E-state index is 6.36. The van der Waals surface area contributed by atoms with E-state index in [2.05, 4.69) is 30.1 Å². The Bertz CT molecular complexity index is 450. The summed E-state index contributed by atoms with van der Waals surface area (Å²) in [6.07, 6.45) is 4.90. The third kappa shape index (κ3) is 4.59. The zero-order valence-corrected chi connectivity index (χ0v) is 14.6. The Labute approximate surface area is 138 Å². The molecule has 0 aliphatic carbocycles. The summed E-state index contributed by atoms with van der Waals surface area (Å²) in [5.74, 6) is 0. The van der Waals surface area contributed by atoms with Gasteiger partial charge in [-0.2, -0.15) is 0 Å². The van der Waals surface area contributed by atoms with E-state index >= 15 is 0 Å². The fourth-order valence-electron chi connectivity index (χ4n) is 3.17. The average Bonchev–Trinajstić information content (AvgIpc) is 2.47. The summed E-state index contributed by atoms with van der Waals surface area (Å²) in [5.41, 5.74) is 1.14. The van der Waals surface area contributed by atoms with Gasteiger partial charge in [-0.15, -0.1) is 0 Å². The molecule has 1 fully saturated rings. The van der Waals surface area contributed by atoms with Crippen molar-refractivity contribution in [3.63, 3.8) is 0 Å². The summed E-state index contributed by atoms with van der Waals surface area (Å²) < 4.78 is 0. The Hall–Kier alpha value is -0.280. The van der Waals surface area contributed by atoms with Crippen molar-refractivity contribution in [3.05, 3.63) is 33.8 Å². The molecular weight excluding hydrogens is 303 g/mol. The molecule has 1 N–H and O–H groups in total. The van der Waals surface area contributed by atoms with Gasteiger partial charge >= 0.3 is 0 Å². The highest BCUT2D eigenvalue weighted by Crippen LogP contribution is 2.28. The Kier molecular flexibility index (Phi) is 6.81. The molecule has 0 saturated carbocycles. The number of hydrogen-bond donors (Lipinski definition) is 1. The maximum Gasteiger partial charge on any atom is 0.0637 e. The first-order chi connectivity index (χ1) is 10.2. The summed E-state index contributed by atoms with van der Waals surface area (Å²) in [6.45, 7) is 7.57. The van der Waals surface area contributed by atoms with Crippen molar-refractivity contribution < 1.29 is 0 Å². The van der Waals surface area contributed by atoms with Crippen molar-refractivity contribution in [1.82, 2.24) is 10.2 Å². The molecule has 2 nitrogen and oxygen atoms in total. The molecule has 1 aromatic carbocycles. The molecular formula is C17H26Cl2N2. The Morgan fingerprint density at radius 3 is 2.67 bits per heavy atom. The van der Waals surface area contributed by atoms with Crippen LogP contribution in [0.2, 0.25) is 10.0 Å². The van der Waals surface area contributed by atoms with Crippen molar-refractivity contribution in [2.45, 2.75) is 58.2 Å². The molecule has 1 aliphatic rings. The molecule has 0 spiro atoms. The van der Waals surface area contributed by atoms with Crippen LogP contribution in [0, 0.1) is 0 Å². The van der Waals surface area contributed by atoms with Gasteiger partial charge < -0.3 is 5.32 Å². The Morgan fingerprint density at radius 1 is 1.19 bits per heavy atom. The van der Waals surface area contributed by atoms with Crippen molar-refractivity contribution >= 4 is 23.2 Å². The summed E-state index contributed by atoms with van der Waals surface area (Å²) in [6, 6.07) is 7.13. The highest BCUT2D eigenvalue weighted by Gasteiger charge is 2.27. The van der Waals surface area contributed by atoms with E-state index in [9.17, 15) is 0 Å².